The highest BCUT2D eigenvalue weighted by atomic mass is 32.1. The lowest BCUT2D eigenvalue weighted by Crippen LogP contribution is -2.27. The van der Waals surface area contributed by atoms with Crippen LogP contribution in [-0.2, 0) is 9.63 Å². The van der Waals surface area contributed by atoms with Crippen molar-refractivity contribution in [3.05, 3.63) is 188 Å². The van der Waals surface area contributed by atoms with Crippen LogP contribution in [0.15, 0.2) is 149 Å². The normalized spacial score (nSPS) is 12.1. The molecule has 0 fully saturated rings. The molecule has 9 nitrogen and oxygen atoms in total. The molecule has 1 unspecified atom stereocenters. The molecule has 0 aliphatic rings. The molecule has 10 heteroatoms. The zero-order valence-corrected chi connectivity index (χ0v) is 28.3. The molecular weight excluding hydrogens is 651 g/mol. The van der Waals surface area contributed by atoms with Crippen molar-refractivity contribution in [1.82, 2.24) is 9.71 Å². The number of carbonyl (C=O) groups is 1. The smallest absolute Gasteiger partial charge is 0.360 e. The summed E-state index contributed by atoms with van der Waals surface area (Å²) in [6.07, 6.45) is -0.220. The molecule has 1 N–H and O–H groups in total. The van der Waals surface area contributed by atoms with Crippen molar-refractivity contribution >= 4 is 23.0 Å². The zero-order chi connectivity index (χ0) is 34.9. The van der Waals surface area contributed by atoms with Gasteiger partial charge in [-0.3, -0.25) is 4.79 Å². The minimum Gasteiger partial charge on any atom is -0.476 e. The van der Waals surface area contributed by atoms with Crippen molar-refractivity contribution in [3.63, 3.8) is 0 Å². The molecule has 0 amide bonds. The highest BCUT2D eigenvalue weighted by Gasteiger charge is 2.26. The number of hydrogen-bond acceptors (Lipinski definition) is 8. The molecule has 0 spiro atoms. The van der Waals surface area contributed by atoms with Crippen LogP contribution in [0.25, 0.3) is 0 Å². The average molecular weight is 686 g/mol. The van der Waals surface area contributed by atoms with Gasteiger partial charge in [-0.15, -0.1) is 11.3 Å². The first kappa shape index (κ1) is 33.9. The zero-order valence-electron chi connectivity index (χ0n) is 27.5. The Hall–Kier alpha value is -6.00. The number of thiazole rings is 1. The van der Waals surface area contributed by atoms with Crippen molar-refractivity contribution in [2.24, 2.45) is 5.16 Å². The summed E-state index contributed by atoms with van der Waals surface area (Å²) in [4.78, 5) is 43.0. The molecule has 0 aliphatic carbocycles. The van der Waals surface area contributed by atoms with Crippen LogP contribution >= 0.6 is 11.3 Å². The summed E-state index contributed by atoms with van der Waals surface area (Å²) in [7, 11) is 0. The van der Waals surface area contributed by atoms with Crippen molar-refractivity contribution in [3.8, 4) is 5.75 Å². The Morgan fingerprint density at radius 2 is 1.32 bits per heavy atom. The van der Waals surface area contributed by atoms with E-state index in [9.17, 15) is 14.7 Å². The predicted molar refractivity (Wildman–Crippen MR) is 193 cm³/mol. The summed E-state index contributed by atoms with van der Waals surface area (Å²) in [6, 6.07) is 40.2. The van der Waals surface area contributed by atoms with E-state index in [1.54, 1.807) is 12.3 Å². The Labute approximate surface area is 293 Å². The van der Waals surface area contributed by atoms with E-state index in [0.717, 1.165) is 22.3 Å². The van der Waals surface area contributed by atoms with Gasteiger partial charge in [0.05, 0.1) is 11.2 Å². The summed E-state index contributed by atoms with van der Waals surface area (Å²) in [5.41, 5.74) is 3.23. The van der Waals surface area contributed by atoms with Crippen LogP contribution in [0.1, 0.15) is 70.3 Å². The maximum absolute atomic E-state index is 13.9. The number of rotatable bonds is 14. The van der Waals surface area contributed by atoms with Crippen molar-refractivity contribution in [2.75, 3.05) is 0 Å². The monoisotopic (exact) mass is 685 g/mol. The van der Waals surface area contributed by atoms with Gasteiger partial charge >= 0.3 is 5.97 Å². The van der Waals surface area contributed by atoms with Crippen molar-refractivity contribution in [2.45, 2.75) is 38.6 Å². The lowest BCUT2D eigenvalue weighted by atomic mass is 10.0. The lowest BCUT2D eigenvalue weighted by molar-refractivity contribution is -0.129. The quantitative estimate of drug-likeness (QED) is 0.0915. The van der Waals surface area contributed by atoms with Crippen LogP contribution in [0, 0.1) is 6.92 Å². The van der Waals surface area contributed by atoms with Crippen LogP contribution < -0.4 is 15.0 Å². The maximum Gasteiger partial charge on any atom is 0.360 e. The largest absolute Gasteiger partial charge is 0.476 e. The Balaban J connectivity index is 1.46. The number of pyridine rings is 1. The second-order valence-corrected chi connectivity index (χ2v) is 12.4. The fourth-order valence-corrected chi connectivity index (χ4v) is 6.04. The van der Waals surface area contributed by atoms with Crippen LogP contribution in [0.4, 0.5) is 0 Å². The van der Waals surface area contributed by atoms with Crippen LogP contribution in [0.2, 0.25) is 0 Å². The molecule has 0 saturated heterocycles. The molecule has 6 aromatic rings. The molecule has 0 bridgehead atoms. The first-order chi connectivity index (χ1) is 24.4. The van der Waals surface area contributed by atoms with Gasteiger partial charge in [0.2, 0.25) is 11.1 Å². The summed E-state index contributed by atoms with van der Waals surface area (Å²) in [5, 5.41) is 16.3. The highest BCUT2D eigenvalue weighted by molar-refractivity contribution is 7.09. The van der Waals surface area contributed by atoms with E-state index in [4.69, 9.17) is 14.4 Å². The number of nitrogens with zero attached hydrogens (tertiary/aromatic N) is 3. The topological polar surface area (TPSA) is 112 Å². The molecule has 0 aliphatic heterocycles. The minimum absolute atomic E-state index is 0.0499. The highest BCUT2D eigenvalue weighted by Crippen LogP contribution is 2.31. The Morgan fingerprint density at radius 3 is 1.76 bits per heavy atom. The first-order valence-corrected chi connectivity index (χ1v) is 17.0. The van der Waals surface area contributed by atoms with E-state index in [-0.39, 0.29) is 17.2 Å². The Kier molecular flexibility index (Phi) is 10.8. The third-order valence-electron chi connectivity index (χ3n) is 7.92. The molecule has 50 heavy (non-hydrogen) atoms. The van der Waals surface area contributed by atoms with E-state index in [1.165, 1.54) is 28.3 Å². The second kappa shape index (κ2) is 15.9. The first-order valence-electron chi connectivity index (χ1n) is 16.1. The maximum atomic E-state index is 13.9. The average Bonchev–Trinajstić information content (AvgIpc) is 3.59. The van der Waals surface area contributed by atoms with Gasteiger partial charge in [0, 0.05) is 11.4 Å². The van der Waals surface area contributed by atoms with E-state index in [2.05, 4.69) is 10.1 Å². The summed E-state index contributed by atoms with van der Waals surface area (Å²) in [5.74, 6) is -1.24. The van der Waals surface area contributed by atoms with Gasteiger partial charge in [-0.25, -0.2) is 9.78 Å². The Bertz CT molecular complexity index is 2020. The number of aryl methyl sites for hydroxylation is 1. The number of ether oxygens (including phenoxy) is 1. The van der Waals surface area contributed by atoms with Gasteiger partial charge in [-0.2, -0.15) is 4.73 Å². The number of benzene rings is 4. The SMILES string of the molecule is CCC(O/N=C(\C(=O)O)c1csc(C)n1)c1cc(=O)c(OC(c2ccccc2)c2ccccc2)cn1OC(c1ccccc1)c1ccccc1. The number of hydrogen-bond donors (Lipinski definition) is 1. The molecule has 0 saturated carbocycles. The van der Waals surface area contributed by atoms with Crippen molar-refractivity contribution in [1.29, 1.82) is 0 Å². The molecular formula is C40H35N3O6S. The molecule has 1 atom stereocenters. The summed E-state index contributed by atoms with van der Waals surface area (Å²) >= 11 is 1.31. The van der Waals surface area contributed by atoms with E-state index < -0.39 is 29.7 Å². The molecule has 2 heterocycles. The van der Waals surface area contributed by atoms with Gasteiger partial charge < -0.3 is 19.5 Å². The second-order valence-electron chi connectivity index (χ2n) is 11.4. The van der Waals surface area contributed by atoms with Crippen LogP contribution in [-0.4, -0.2) is 26.5 Å². The summed E-state index contributed by atoms with van der Waals surface area (Å²) < 4.78 is 8.02. The molecule has 252 valence electrons. The van der Waals surface area contributed by atoms with Crippen LogP contribution in [0.3, 0.4) is 0 Å². The van der Waals surface area contributed by atoms with Gasteiger partial charge in [-0.1, -0.05) is 133 Å². The lowest BCUT2D eigenvalue weighted by Gasteiger charge is -2.27. The number of carboxylic acids is 1. The third-order valence-corrected chi connectivity index (χ3v) is 8.69. The summed E-state index contributed by atoms with van der Waals surface area (Å²) in [6.45, 7) is 3.62. The van der Waals surface area contributed by atoms with Crippen LogP contribution in [0.5, 0.6) is 5.75 Å². The Morgan fingerprint density at radius 1 is 0.820 bits per heavy atom. The van der Waals surface area contributed by atoms with E-state index in [0.29, 0.717) is 17.1 Å². The third kappa shape index (κ3) is 7.99. The number of aromatic nitrogens is 2. The van der Waals surface area contributed by atoms with Crippen molar-refractivity contribution < 1.29 is 24.3 Å². The molecule has 0 radical (unpaired) electrons. The van der Waals surface area contributed by atoms with E-state index in [1.807, 2.05) is 128 Å². The molecule has 6 rings (SSSR count). The number of oxime groups is 1. The number of aliphatic carboxylic acids is 1. The molecule has 4 aromatic carbocycles. The van der Waals surface area contributed by atoms with Gasteiger partial charge in [-0.05, 0) is 35.6 Å². The molecule has 2 aromatic heterocycles. The number of carboxylic acid groups (broad SMARTS) is 1. The standard InChI is InChI=1S/C40H35N3O6S/c1-3-35(48-42-37(40(45)46)32-26-50-27(2)41-32)33-24-34(44)36(47-38(28-16-8-4-9-17-28)29-18-10-5-11-19-29)25-43(33)49-39(30-20-12-6-13-21-30)31-22-14-7-15-23-31/h4-26,35,38-39H,3H2,1-2H3,(H,45,46)/b42-37-. The fraction of sp³-hybridized carbons (Fsp3) is 0.150. The minimum atomic E-state index is -1.29. The van der Waals surface area contributed by atoms with Gasteiger partial charge in [0.1, 0.15) is 17.5 Å². The predicted octanol–water partition coefficient (Wildman–Crippen LogP) is 7.96. The van der Waals surface area contributed by atoms with Gasteiger partial charge in [0.15, 0.2) is 18.0 Å². The van der Waals surface area contributed by atoms with Gasteiger partial charge in [0.25, 0.3) is 0 Å². The van der Waals surface area contributed by atoms with E-state index >= 15 is 0 Å². The fourth-order valence-electron chi connectivity index (χ4n) is 5.44.